The lowest BCUT2D eigenvalue weighted by atomic mass is 10.2. The molecule has 1 fully saturated rings. The van der Waals surface area contributed by atoms with Gasteiger partial charge in [0.25, 0.3) is 10.2 Å². The van der Waals surface area contributed by atoms with E-state index in [0.717, 1.165) is 12.2 Å². The third kappa shape index (κ3) is 2.20. The normalized spacial score (nSPS) is 26.3. The number of ether oxygens (including phenoxy) is 1. The lowest BCUT2D eigenvalue weighted by molar-refractivity contribution is 0.0686. The lowest BCUT2D eigenvalue weighted by Crippen LogP contribution is -2.51. The highest BCUT2D eigenvalue weighted by Gasteiger charge is 2.37. The maximum Gasteiger partial charge on any atom is 0.282 e. The summed E-state index contributed by atoms with van der Waals surface area (Å²) < 4.78 is 35.8. The summed E-state index contributed by atoms with van der Waals surface area (Å²) in [7, 11) is -3.38. The van der Waals surface area contributed by atoms with Gasteiger partial charge in [-0.3, -0.25) is 0 Å². The molecule has 0 spiro atoms. The SMILES string of the molecule is CC1c2cccn2CCN1S(=O)(=O)N1CCOCC1. The second-order valence-corrected chi connectivity index (χ2v) is 6.81. The minimum atomic E-state index is -3.38. The van der Waals surface area contributed by atoms with Gasteiger partial charge >= 0.3 is 0 Å². The standard InChI is InChI=1S/C12H19N3O3S/c1-11-12-3-2-4-13(12)5-6-15(11)19(16,17)14-7-9-18-10-8-14/h2-4,11H,5-10H2,1H3. The van der Waals surface area contributed by atoms with Crippen molar-refractivity contribution in [1.29, 1.82) is 0 Å². The molecule has 7 heteroatoms. The molecule has 0 radical (unpaired) electrons. The van der Waals surface area contributed by atoms with Crippen LogP contribution in [-0.2, 0) is 21.5 Å². The molecule has 0 aliphatic carbocycles. The Hall–Kier alpha value is -0.890. The minimum Gasteiger partial charge on any atom is -0.379 e. The van der Waals surface area contributed by atoms with Gasteiger partial charge in [-0.1, -0.05) is 0 Å². The Morgan fingerprint density at radius 3 is 2.68 bits per heavy atom. The number of hydrogen-bond donors (Lipinski definition) is 0. The molecule has 1 atom stereocenters. The van der Waals surface area contributed by atoms with Gasteiger partial charge < -0.3 is 9.30 Å². The minimum absolute atomic E-state index is 0.114. The van der Waals surface area contributed by atoms with Crippen LogP contribution in [0.2, 0.25) is 0 Å². The Kier molecular flexibility index (Phi) is 3.38. The molecule has 2 aliphatic rings. The van der Waals surface area contributed by atoms with Crippen molar-refractivity contribution in [1.82, 2.24) is 13.2 Å². The van der Waals surface area contributed by atoms with Crippen molar-refractivity contribution in [2.24, 2.45) is 0 Å². The number of hydrogen-bond acceptors (Lipinski definition) is 3. The highest BCUT2D eigenvalue weighted by molar-refractivity contribution is 7.86. The van der Waals surface area contributed by atoms with E-state index in [0.29, 0.717) is 32.8 Å². The lowest BCUT2D eigenvalue weighted by Gasteiger charge is -2.38. The van der Waals surface area contributed by atoms with E-state index in [2.05, 4.69) is 4.57 Å². The Labute approximate surface area is 113 Å². The van der Waals surface area contributed by atoms with Crippen LogP contribution in [0, 0.1) is 0 Å². The first kappa shape index (κ1) is 13.1. The summed E-state index contributed by atoms with van der Waals surface area (Å²) in [5.41, 5.74) is 1.06. The second kappa shape index (κ2) is 4.90. The fourth-order valence-electron chi connectivity index (χ4n) is 2.80. The molecule has 3 heterocycles. The van der Waals surface area contributed by atoms with E-state index in [1.165, 1.54) is 4.31 Å². The molecule has 0 N–H and O–H groups in total. The van der Waals surface area contributed by atoms with Crippen LogP contribution in [-0.4, -0.2) is 54.4 Å². The monoisotopic (exact) mass is 285 g/mol. The molecular weight excluding hydrogens is 266 g/mol. The van der Waals surface area contributed by atoms with Gasteiger partial charge in [-0.15, -0.1) is 0 Å². The van der Waals surface area contributed by atoms with Crippen molar-refractivity contribution in [2.75, 3.05) is 32.8 Å². The van der Waals surface area contributed by atoms with E-state index in [1.54, 1.807) is 4.31 Å². The molecule has 1 saturated heterocycles. The van der Waals surface area contributed by atoms with Crippen molar-refractivity contribution in [3.8, 4) is 0 Å². The summed E-state index contributed by atoms with van der Waals surface area (Å²) >= 11 is 0. The molecule has 0 saturated carbocycles. The van der Waals surface area contributed by atoms with Crippen LogP contribution >= 0.6 is 0 Å². The number of fused-ring (bicyclic) bond motifs is 1. The average molecular weight is 285 g/mol. The third-order valence-electron chi connectivity index (χ3n) is 3.88. The molecule has 0 aromatic carbocycles. The Morgan fingerprint density at radius 2 is 1.95 bits per heavy atom. The molecule has 0 amide bonds. The summed E-state index contributed by atoms with van der Waals surface area (Å²) in [6.07, 6.45) is 2.00. The first-order chi connectivity index (χ1) is 9.10. The van der Waals surface area contributed by atoms with Crippen LogP contribution in [0.5, 0.6) is 0 Å². The number of rotatable bonds is 2. The zero-order valence-electron chi connectivity index (χ0n) is 11.0. The van der Waals surface area contributed by atoms with E-state index in [-0.39, 0.29) is 6.04 Å². The topological polar surface area (TPSA) is 54.8 Å². The zero-order chi connectivity index (χ0) is 13.5. The predicted octanol–water partition coefficient (Wildman–Crippen LogP) is 0.442. The maximum absolute atomic E-state index is 12.7. The summed E-state index contributed by atoms with van der Waals surface area (Å²) in [5.74, 6) is 0. The van der Waals surface area contributed by atoms with Crippen LogP contribution in [0.1, 0.15) is 18.7 Å². The smallest absolute Gasteiger partial charge is 0.282 e. The van der Waals surface area contributed by atoms with E-state index in [4.69, 9.17) is 4.74 Å². The van der Waals surface area contributed by atoms with Gasteiger partial charge in [0, 0.05) is 38.1 Å². The van der Waals surface area contributed by atoms with Crippen molar-refractivity contribution in [2.45, 2.75) is 19.5 Å². The van der Waals surface area contributed by atoms with Crippen molar-refractivity contribution in [3.63, 3.8) is 0 Å². The fourth-order valence-corrected chi connectivity index (χ4v) is 4.53. The fraction of sp³-hybridized carbons (Fsp3) is 0.667. The molecule has 1 unspecified atom stereocenters. The zero-order valence-corrected chi connectivity index (χ0v) is 11.8. The first-order valence-corrected chi connectivity index (χ1v) is 8.00. The highest BCUT2D eigenvalue weighted by atomic mass is 32.2. The van der Waals surface area contributed by atoms with Gasteiger partial charge in [-0.05, 0) is 19.1 Å². The molecule has 3 rings (SSSR count). The molecule has 106 valence electrons. The van der Waals surface area contributed by atoms with Crippen molar-refractivity contribution < 1.29 is 13.2 Å². The maximum atomic E-state index is 12.7. The van der Waals surface area contributed by atoms with Crippen LogP contribution < -0.4 is 0 Å². The van der Waals surface area contributed by atoms with Crippen LogP contribution in [0.4, 0.5) is 0 Å². The third-order valence-corrected chi connectivity index (χ3v) is 5.99. The predicted molar refractivity (Wildman–Crippen MR) is 70.9 cm³/mol. The van der Waals surface area contributed by atoms with Gasteiger partial charge in [0.1, 0.15) is 0 Å². The quantitative estimate of drug-likeness (QED) is 0.792. The van der Waals surface area contributed by atoms with Gasteiger partial charge in [0.05, 0.1) is 19.3 Å². The number of morpholine rings is 1. The van der Waals surface area contributed by atoms with Crippen LogP contribution in [0.25, 0.3) is 0 Å². The second-order valence-electron chi connectivity index (χ2n) is 4.93. The van der Waals surface area contributed by atoms with E-state index < -0.39 is 10.2 Å². The van der Waals surface area contributed by atoms with E-state index in [1.807, 2.05) is 25.3 Å². The van der Waals surface area contributed by atoms with Gasteiger partial charge in [-0.25, -0.2) is 0 Å². The van der Waals surface area contributed by atoms with Gasteiger partial charge in [0.2, 0.25) is 0 Å². The Morgan fingerprint density at radius 1 is 1.21 bits per heavy atom. The molecule has 1 aromatic rings. The summed E-state index contributed by atoms with van der Waals surface area (Å²) in [6, 6.07) is 3.85. The first-order valence-electron chi connectivity index (χ1n) is 6.60. The summed E-state index contributed by atoms with van der Waals surface area (Å²) in [5, 5.41) is 0. The largest absolute Gasteiger partial charge is 0.379 e. The number of aromatic nitrogens is 1. The number of nitrogens with zero attached hydrogens (tertiary/aromatic N) is 3. The van der Waals surface area contributed by atoms with Crippen molar-refractivity contribution >= 4 is 10.2 Å². The molecule has 19 heavy (non-hydrogen) atoms. The molecule has 2 aliphatic heterocycles. The van der Waals surface area contributed by atoms with Crippen molar-refractivity contribution in [3.05, 3.63) is 24.0 Å². The van der Waals surface area contributed by atoms with Crippen LogP contribution in [0.3, 0.4) is 0 Å². The Bertz CT molecular complexity index is 548. The molecular formula is C12H19N3O3S. The highest BCUT2D eigenvalue weighted by Crippen LogP contribution is 2.29. The van der Waals surface area contributed by atoms with E-state index >= 15 is 0 Å². The van der Waals surface area contributed by atoms with Gasteiger partial charge in [0.15, 0.2) is 0 Å². The summed E-state index contributed by atoms with van der Waals surface area (Å²) in [6.45, 7) is 5.07. The Balaban J connectivity index is 1.86. The van der Waals surface area contributed by atoms with E-state index in [9.17, 15) is 8.42 Å². The van der Waals surface area contributed by atoms with Crippen LogP contribution in [0.15, 0.2) is 18.3 Å². The average Bonchev–Trinajstić information content (AvgIpc) is 2.89. The van der Waals surface area contributed by atoms with Gasteiger partial charge in [-0.2, -0.15) is 17.0 Å². The summed E-state index contributed by atoms with van der Waals surface area (Å²) in [4.78, 5) is 0. The molecule has 0 bridgehead atoms. The molecule has 1 aromatic heterocycles. The molecule has 6 nitrogen and oxygen atoms in total.